The van der Waals surface area contributed by atoms with E-state index >= 15 is 0 Å². The van der Waals surface area contributed by atoms with E-state index in [9.17, 15) is 9.59 Å². The van der Waals surface area contributed by atoms with Gasteiger partial charge in [-0.05, 0) is 23.8 Å². The number of carbonyl (C=O) groups excluding carboxylic acids is 2. The van der Waals surface area contributed by atoms with Crippen LogP contribution in [0.3, 0.4) is 0 Å². The number of rotatable bonds is 6. The monoisotopic (exact) mass is 285 g/mol. The first-order chi connectivity index (χ1) is 8.99. The van der Waals surface area contributed by atoms with Gasteiger partial charge in [0.2, 0.25) is 0 Å². The van der Waals surface area contributed by atoms with Crippen LogP contribution in [0.1, 0.15) is 29.9 Å². The number of amides is 1. The van der Waals surface area contributed by atoms with Crippen molar-refractivity contribution in [3.63, 3.8) is 0 Å². The van der Waals surface area contributed by atoms with E-state index in [0.29, 0.717) is 17.0 Å². The molecule has 0 radical (unpaired) electrons. The van der Waals surface area contributed by atoms with Gasteiger partial charge in [-0.1, -0.05) is 13.8 Å². The van der Waals surface area contributed by atoms with Gasteiger partial charge in [0, 0.05) is 0 Å². The number of hydrogen-bond donors (Lipinski definition) is 1. The lowest BCUT2D eigenvalue weighted by Gasteiger charge is -2.18. The second-order valence-corrected chi connectivity index (χ2v) is 5.41. The quantitative estimate of drug-likeness (QED) is 0.813. The summed E-state index contributed by atoms with van der Waals surface area (Å²) in [5.41, 5.74) is 0. The highest BCUT2D eigenvalue weighted by Crippen LogP contribution is 2.24. The van der Waals surface area contributed by atoms with Crippen LogP contribution in [0.4, 0.5) is 0 Å². The van der Waals surface area contributed by atoms with E-state index in [1.165, 1.54) is 25.6 Å². The molecule has 1 rings (SSSR count). The van der Waals surface area contributed by atoms with E-state index in [1.54, 1.807) is 11.4 Å². The zero-order valence-corrected chi connectivity index (χ0v) is 12.4. The maximum Gasteiger partial charge on any atom is 0.328 e. The number of methoxy groups -OCH3 is 2. The van der Waals surface area contributed by atoms with Crippen molar-refractivity contribution in [3.05, 3.63) is 16.3 Å². The van der Waals surface area contributed by atoms with Crippen molar-refractivity contribution in [1.29, 1.82) is 0 Å². The molecule has 0 aliphatic rings. The fourth-order valence-electron chi connectivity index (χ4n) is 1.68. The van der Waals surface area contributed by atoms with E-state index in [1.807, 2.05) is 13.8 Å². The highest BCUT2D eigenvalue weighted by atomic mass is 32.1. The van der Waals surface area contributed by atoms with Gasteiger partial charge in [0.05, 0.1) is 14.2 Å². The molecule has 0 aliphatic heterocycles. The zero-order chi connectivity index (χ0) is 14.4. The summed E-state index contributed by atoms with van der Waals surface area (Å²) in [5, 5.41) is 4.46. The van der Waals surface area contributed by atoms with Gasteiger partial charge in [0.15, 0.2) is 0 Å². The molecule has 1 aromatic rings. The van der Waals surface area contributed by atoms with Gasteiger partial charge in [-0.15, -0.1) is 11.3 Å². The molecule has 1 aromatic heterocycles. The first-order valence-electron chi connectivity index (χ1n) is 5.99. The van der Waals surface area contributed by atoms with Crippen molar-refractivity contribution < 1.29 is 19.1 Å². The average Bonchev–Trinajstić information content (AvgIpc) is 2.84. The minimum atomic E-state index is -0.635. The van der Waals surface area contributed by atoms with Gasteiger partial charge < -0.3 is 14.8 Å². The lowest BCUT2D eigenvalue weighted by atomic mass is 10.0. The van der Waals surface area contributed by atoms with Gasteiger partial charge >= 0.3 is 5.97 Å². The van der Waals surface area contributed by atoms with Crippen LogP contribution in [0.15, 0.2) is 11.4 Å². The molecule has 0 aromatic carbocycles. The molecule has 0 fully saturated rings. The second kappa shape index (κ2) is 7.13. The normalized spacial score (nSPS) is 12.1. The molecule has 6 heteroatoms. The molecule has 106 valence electrons. The summed E-state index contributed by atoms with van der Waals surface area (Å²) in [4.78, 5) is 24.2. The molecular formula is C13H19NO4S. The average molecular weight is 285 g/mol. The fourth-order valence-corrected chi connectivity index (χ4v) is 2.44. The highest BCUT2D eigenvalue weighted by Gasteiger charge is 2.25. The lowest BCUT2D eigenvalue weighted by Crippen LogP contribution is -2.42. The predicted octanol–water partition coefficient (Wildman–Crippen LogP) is 2.07. The third kappa shape index (κ3) is 4.24. The van der Waals surface area contributed by atoms with Crippen LogP contribution in [-0.4, -0.2) is 32.1 Å². The van der Waals surface area contributed by atoms with Gasteiger partial charge in [-0.3, -0.25) is 4.79 Å². The largest absolute Gasteiger partial charge is 0.495 e. The summed E-state index contributed by atoms with van der Waals surface area (Å²) in [6, 6.07) is 1.08. The van der Waals surface area contributed by atoms with E-state index in [4.69, 9.17) is 9.47 Å². The van der Waals surface area contributed by atoms with Crippen LogP contribution in [-0.2, 0) is 9.53 Å². The first kappa shape index (κ1) is 15.5. The Morgan fingerprint density at radius 1 is 1.37 bits per heavy atom. The molecule has 1 heterocycles. The van der Waals surface area contributed by atoms with Crippen molar-refractivity contribution in [2.75, 3.05) is 14.2 Å². The lowest BCUT2D eigenvalue weighted by molar-refractivity contribution is -0.143. The Morgan fingerprint density at radius 2 is 2.05 bits per heavy atom. The fraction of sp³-hybridized carbons (Fsp3) is 0.538. The third-order valence-corrected chi connectivity index (χ3v) is 3.45. The van der Waals surface area contributed by atoms with E-state index < -0.39 is 12.0 Å². The standard InChI is InChI=1S/C13H19NO4S/c1-8(2)7-9(13(16)18-4)14-12(15)11-10(17-3)5-6-19-11/h5-6,8-9H,7H2,1-4H3,(H,14,15). The van der Waals surface area contributed by atoms with E-state index in [2.05, 4.69) is 5.32 Å². The van der Waals surface area contributed by atoms with Crippen molar-refractivity contribution in [2.24, 2.45) is 5.92 Å². The van der Waals surface area contributed by atoms with Gasteiger partial charge in [-0.25, -0.2) is 4.79 Å². The minimum Gasteiger partial charge on any atom is -0.495 e. The molecule has 0 aliphatic carbocycles. The second-order valence-electron chi connectivity index (χ2n) is 4.50. The Balaban J connectivity index is 2.78. The Morgan fingerprint density at radius 3 is 2.58 bits per heavy atom. The summed E-state index contributed by atoms with van der Waals surface area (Å²) in [7, 11) is 2.82. The highest BCUT2D eigenvalue weighted by molar-refractivity contribution is 7.12. The molecule has 0 bridgehead atoms. The molecule has 19 heavy (non-hydrogen) atoms. The van der Waals surface area contributed by atoms with Gasteiger partial charge in [-0.2, -0.15) is 0 Å². The molecule has 1 N–H and O–H groups in total. The van der Waals surface area contributed by atoms with Crippen molar-refractivity contribution in [3.8, 4) is 5.75 Å². The van der Waals surface area contributed by atoms with Crippen LogP contribution in [0, 0.1) is 5.92 Å². The maximum absolute atomic E-state index is 12.1. The third-order valence-electron chi connectivity index (χ3n) is 2.55. The Bertz CT molecular complexity index is 442. The molecule has 0 saturated carbocycles. The number of carbonyl (C=O) groups is 2. The summed E-state index contributed by atoms with van der Waals surface area (Å²) >= 11 is 1.27. The molecule has 0 spiro atoms. The zero-order valence-electron chi connectivity index (χ0n) is 11.6. The maximum atomic E-state index is 12.1. The Hall–Kier alpha value is -1.56. The van der Waals surface area contributed by atoms with Crippen LogP contribution < -0.4 is 10.1 Å². The van der Waals surface area contributed by atoms with Crippen LogP contribution in [0.2, 0.25) is 0 Å². The number of ether oxygens (including phenoxy) is 2. The summed E-state index contributed by atoms with van der Waals surface area (Å²) in [6.45, 7) is 3.96. The SMILES string of the molecule is COC(=O)C(CC(C)C)NC(=O)c1sccc1OC. The molecule has 1 amide bonds. The first-order valence-corrected chi connectivity index (χ1v) is 6.87. The van der Waals surface area contributed by atoms with Gasteiger partial charge in [0.25, 0.3) is 5.91 Å². The molecule has 0 saturated heterocycles. The van der Waals surface area contributed by atoms with E-state index in [0.717, 1.165) is 0 Å². The van der Waals surface area contributed by atoms with Crippen molar-refractivity contribution in [2.45, 2.75) is 26.3 Å². The van der Waals surface area contributed by atoms with Crippen LogP contribution in [0.5, 0.6) is 5.75 Å². The summed E-state index contributed by atoms with van der Waals surface area (Å²) in [5.74, 6) is 0.0331. The Labute approximate surface area is 116 Å². The smallest absolute Gasteiger partial charge is 0.328 e. The van der Waals surface area contributed by atoms with Gasteiger partial charge in [0.1, 0.15) is 16.7 Å². The van der Waals surface area contributed by atoms with E-state index in [-0.39, 0.29) is 11.8 Å². The Kier molecular flexibility index (Phi) is 5.82. The predicted molar refractivity (Wildman–Crippen MR) is 73.6 cm³/mol. The molecule has 1 atom stereocenters. The molecule has 1 unspecified atom stereocenters. The van der Waals surface area contributed by atoms with Crippen molar-refractivity contribution in [1.82, 2.24) is 5.32 Å². The van der Waals surface area contributed by atoms with Crippen LogP contribution >= 0.6 is 11.3 Å². The van der Waals surface area contributed by atoms with Crippen LogP contribution in [0.25, 0.3) is 0 Å². The molecule has 5 nitrogen and oxygen atoms in total. The molecular weight excluding hydrogens is 266 g/mol. The minimum absolute atomic E-state index is 0.273. The number of hydrogen-bond acceptors (Lipinski definition) is 5. The summed E-state index contributed by atoms with van der Waals surface area (Å²) < 4.78 is 9.80. The topological polar surface area (TPSA) is 64.6 Å². The number of nitrogens with one attached hydrogen (secondary N) is 1. The van der Waals surface area contributed by atoms with Crippen molar-refractivity contribution >= 4 is 23.2 Å². The number of thiophene rings is 1. The number of esters is 1. The summed E-state index contributed by atoms with van der Waals surface area (Å²) in [6.07, 6.45) is 0.534.